The van der Waals surface area contributed by atoms with Crippen LogP contribution in [0.25, 0.3) is 6.08 Å². The van der Waals surface area contributed by atoms with E-state index < -0.39 is 0 Å². The first-order valence-electron chi connectivity index (χ1n) is 10.1. The molecule has 0 amide bonds. The van der Waals surface area contributed by atoms with E-state index in [-0.39, 0.29) is 0 Å². The third-order valence-electron chi connectivity index (χ3n) is 5.48. The molecule has 1 aliphatic rings. The second-order valence-electron chi connectivity index (χ2n) is 7.97. The number of likely N-dealkylation sites (N-methyl/N-ethyl adjacent to an activating group) is 1. The number of rotatable bonds is 8. The topological polar surface area (TPSA) is 12.5 Å². The summed E-state index contributed by atoms with van der Waals surface area (Å²) in [6.45, 7) is 19.0. The maximum absolute atomic E-state index is 5.86. The van der Waals surface area contributed by atoms with Crippen molar-refractivity contribution >= 4 is 6.08 Å². The Kier molecular flexibility index (Phi) is 7.51. The SMILES string of the molecule is C=C(/C=C\C(=C)N(C)C(=C\C)/C(C)=C/c1c(C)cccc1C)OC1CC(C)C1. The molecule has 2 heteroatoms. The average molecular weight is 378 g/mol. The number of hydrogen-bond donors (Lipinski definition) is 0. The highest BCUT2D eigenvalue weighted by atomic mass is 16.5. The number of allylic oxidation sites excluding steroid dienone is 4. The van der Waals surface area contributed by atoms with Gasteiger partial charge in [-0.3, -0.25) is 0 Å². The van der Waals surface area contributed by atoms with Crippen LogP contribution in [0.4, 0.5) is 0 Å². The quantitative estimate of drug-likeness (QED) is 0.359. The molecule has 0 saturated heterocycles. The number of benzene rings is 1. The predicted octanol–water partition coefficient (Wildman–Crippen LogP) is 6.94. The highest BCUT2D eigenvalue weighted by Gasteiger charge is 2.26. The van der Waals surface area contributed by atoms with E-state index in [1.165, 1.54) is 22.3 Å². The third kappa shape index (κ3) is 5.51. The third-order valence-corrected chi connectivity index (χ3v) is 5.48. The van der Waals surface area contributed by atoms with Crippen molar-refractivity contribution in [1.29, 1.82) is 0 Å². The van der Waals surface area contributed by atoms with Crippen molar-refractivity contribution in [3.05, 3.63) is 89.0 Å². The molecule has 0 aromatic heterocycles. The van der Waals surface area contributed by atoms with Gasteiger partial charge in [0.25, 0.3) is 0 Å². The van der Waals surface area contributed by atoms with Gasteiger partial charge in [0.05, 0.1) is 6.10 Å². The van der Waals surface area contributed by atoms with Crippen molar-refractivity contribution in [1.82, 2.24) is 4.90 Å². The van der Waals surface area contributed by atoms with Crippen LogP contribution in [0, 0.1) is 19.8 Å². The van der Waals surface area contributed by atoms with E-state index >= 15 is 0 Å². The van der Waals surface area contributed by atoms with Crippen molar-refractivity contribution in [3.63, 3.8) is 0 Å². The van der Waals surface area contributed by atoms with Crippen molar-refractivity contribution in [3.8, 4) is 0 Å². The zero-order chi connectivity index (χ0) is 20.8. The van der Waals surface area contributed by atoms with Gasteiger partial charge in [0.1, 0.15) is 5.76 Å². The summed E-state index contributed by atoms with van der Waals surface area (Å²) in [6, 6.07) is 6.41. The van der Waals surface area contributed by atoms with Gasteiger partial charge in [0.2, 0.25) is 0 Å². The average Bonchev–Trinajstić information content (AvgIpc) is 2.62. The van der Waals surface area contributed by atoms with E-state index in [1.807, 2.05) is 19.2 Å². The van der Waals surface area contributed by atoms with Crippen molar-refractivity contribution in [2.75, 3.05) is 7.05 Å². The summed E-state index contributed by atoms with van der Waals surface area (Å²) in [5.74, 6) is 1.48. The van der Waals surface area contributed by atoms with Crippen LogP contribution in [0.5, 0.6) is 0 Å². The molecule has 0 aliphatic heterocycles. The normalized spacial score (nSPS) is 20.1. The molecule has 0 radical (unpaired) electrons. The van der Waals surface area contributed by atoms with Gasteiger partial charge in [0, 0.05) is 18.4 Å². The molecule has 28 heavy (non-hydrogen) atoms. The van der Waals surface area contributed by atoms with Crippen LogP contribution in [0.15, 0.2) is 72.3 Å². The molecule has 0 bridgehead atoms. The fourth-order valence-electron chi connectivity index (χ4n) is 3.67. The Morgan fingerprint density at radius 3 is 2.29 bits per heavy atom. The summed E-state index contributed by atoms with van der Waals surface area (Å²) in [5, 5.41) is 0. The minimum absolute atomic E-state index is 0.326. The molecule has 0 heterocycles. The summed E-state index contributed by atoms with van der Waals surface area (Å²) < 4.78 is 5.86. The Hall–Kier alpha value is -2.48. The van der Waals surface area contributed by atoms with Gasteiger partial charge in [-0.15, -0.1) is 0 Å². The van der Waals surface area contributed by atoms with E-state index in [0.29, 0.717) is 11.9 Å². The lowest BCUT2D eigenvalue weighted by Crippen LogP contribution is -2.28. The van der Waals surface area contributed by atoms with E-state index in [4.69, 9.17) is 4.74 Å². The van der Waals surface area contributed by atoms with Crippen LogP contribution in [0.3, 0.4) is 0 Å². The van der Waals surface area contributed by atoms with Gasteiger partial charge >= 0.3 is 0 Å². The van der Waals surface area contributed by atoms with Crippen LogP contribution in [0.1, 0.15) is 50.3 Å². The summed E-state index contributed by atoms with van der Waals surface area (Å²) in [7, 11) is 2.04. The molecular weight excluding hydrogens is 342 g/mol. The molecule has 1 aliphatic carbocycles. The number of hydrogen-bond acceptors (Lipinski definition) is 2. The van der Waals surface area contributed by atoms with Crippen LogP contribution in [-0.4, -0.2) is 18.1 Å². The predicted molar refractivity (Wildman–Crippen MR) is 122 cm³/mol. The molecule has 2 nitrogen and oxygen atoms in total. The standard InChI is InChI=1S/C26H35NO/c1-9-26(21(5)17-25-19(3)11-10-12-20(25)4)27(8)22(6)13-14-23(7)28-24-15-18(2)16-24/h9-14,17-18,24H,6-7,15-16H2,1-5,8H3/b14-13-,21-17+,26-9-. The lowest BCUT2D eigenvalue weighted by Gasteiger charge is -2.33. The first-order valence-corrected chi connectivity index (χ1v) is 10.1. The van der Waals surface area contributed by atoms with Gasteiger partial charge in [-0.25, -0.2) is 0 Å². The van der Waals surface area contributed by atoms with Crippen LogP contribution >= 0.6 is 0 Å². The van der Waals surface area contributed by atoms with Gasteiger partial charge in [0.15, 0.2) is 0 Å². The molecule has 1 aromatic rings. The smallest absolute Gasteiger partial charge is 0.112 e. The fraction of sp³-hybridized carbons (Fsp3) is 0.385. The van der Waals surface area contributed by atoms with E-state index in [1.54, 1.807) is 0 Å². The summed E-state index contributed by atoms with van der Waals surface area (Å²) in [6.07, 6.45) is 10.8. The molecule has 2 rings (SSSR count). The van der Waals surface area contributed by atoms with E-state index in [2.05, 4.69) is 83.0 Å². The molecule has 0 spiro atoms. The minimum Gasteiger partial charge on any atom is -0.491 e. The first-order chi connectivity index (χ1) is 13.2. The van der Waals surface area contributed by atoms with Gasteiger partial charge in [-0.2, -0.15) is 0 Å². The highest BCUT2D eigenvalue weighted by molar-refractivity contribution is 5.63. The second kappa shape index (κ2) is 9.64. The number of aryl methyl sites for hydroxylation is 2. The van der Waals surface area contributed by atoms with Crippen molar-refractivity contribution in [2.45, 2.75) is 53.6 Å². The molecule has 1 saturated carbocycles. The Morgan fingerprint density at radius 2 is 1.75 bits per heavy atom. The molecule has 1 fully saturated rings. The van der Waals surface area contributed by atoms with Crippen molar-refractivity contribution in [2.24, 2.45) is 5.92 Å². The number of nitrogens with zero attached hydrogens (tertiary/aromatic N) is 1. The molecule has 150 valence electrons. The second-order valence-corrected chi connectivity index (χ2v) is 7.97. The van der Waals surface area contributed by atoms with Gasteiger partial charge < -0.3 is 9.64 Å². The van der Waals surface area contributed by atoms with E-state index in [0.717, 1.165) is 30.2 Å². The maximum atomic E-state index is 5.86. The molecule has 0 atom stereocenters. The van der Waals surface area contributed by atoms with Crippen molar-refractivity contribution < 1.29 is 4.74 Å². The van der Waals surface area contributed by atoms with E-state index in [9.17, 15) is 0 Å². The monoisotopic (exact) mass is 377 g/mol. The van der Waals surface area contributed by atoms with Gasteiger partial charge in [-0.1, -0.05) is 44.4 Å². The molecule has 0 N–H and O–H groups in total. The molecule has 0 unspecified atom stereocenters. The summed E-state index contributed by atoms with van der Waals surface area (Å²) in [5.41, 5.74) is 7.09. The zero-order valence-corrected chi connectivity index (χ0v) is 18.4. The lowest BCUT2D eigenvalue weighted by molar-refractivity contribution is 0.0235. The zero-order valence-electron chi connectivity index (χ0n) is 18.4. The minimum atomic E-state index is 0.326. The maximum Gasteiger partial charge on any atom is 0.112 e. The Bertz CT molecular complexity index is 799. The Morgan fingerprint density at radius 1 is 1.14 bits per heavy atom. The lowest BCUT2D eigenvalue weighted by atomic mass is 9.84. The van der Waals surface area contributed by atoms with Gasteiger partial charge in [-0.05, 0) is 86.9 Å². The molecular formula is C26H35NO. The van der Waals surface area contributed by atoms with Crippen LogP contribution < -0.4 is 0 Å². The first kappa shape index (κ1) is 21.8. The van der Waals surface area contributed by atoms with Crippen LogP contribution in [-0.2, 0) is 4.74 Å². The van der Waals surface area contributed by atoms with Crippen LogP contribution in [0.2, 0.25) is 0 Å². The molecule has 1 aromatic carbocycles. The summed E-state index contributed by atoms with van der Waals surface area (Å²) >= 11 is 0. The summed E-state index contributed by atoms with van der Waals surface area (Å²) in [4.78, 5) is 2.11. The number of ether oxygens (including phenoxy) is 1. The Balaban J connectivity index is 2.06. The highest BCUT2D eigenvalue weighted by Crippen LogP contribution is 2.31. The fourth-order valence-corrected chi connectivity index (χ4v) is 3.67. The Labute approximate surface area is 171 Å². The largest absolute Gasteiger partial charge is 0.491 e.